The molecule has 0 saturated heterocycles. The zero-order valence-corrected chi connectivity index (χ0v) is 16.5. The number of hydrogen-bond donors (Lipinski definition) is 1. The number of hydrogen-bond acceptors (Lipinski definition) is 6. The van der Waals surface area contributed by atoms with E-state index in [-0.39, 0.29) is 18.5 Å². The number of rotatable bonds is 9. The number of benzene rings is 2. The highest BCUT2D eigenvalue weighted by Gasteiger charge is 2.05. The second-order valence-electron chi connectivity index (χ2n) is 6.24. The molecule has 0 saturated carbocycles. The van der Waals surface area contributed by atoms with E-state index in [1.54, 1.807) is 67.9 Å². The summed E-state index contributed by atoms with van der Waals surface area (Å²) in [5.74, 6) is 0.684. The first-order chi connectivity index (χ1) is 14.6. The van der Waals surface area contributed by atoms with Crippen LogP contribution in [-0.4, -0.2) is 31.3 Å². The first-order valence-electron chi connectivity index (χ1n) is 9.47. The molecule has 1 N–H and O–H groups in total. The SMILES string of the molecule is CCOC(=O)c1ccc(N=Cc2ccc(OCC(=O)NCc3ccco3)cc2)cc1. The molecule has 0 fully saturated rings. The predicted octanol–water partition coefficient (Wildman–Crippen LogP) is 3.90. The molecule has 30 heavy (non-hydrogen) atoms. The van der Waals surface area contributed by atoms with Crippen LogP contribution in [-0.2, 0) is 16.1 Å². The molecule has 7 heteroatoms. The number of nitrogens with zero attached hydrogens (tertiary/aromatic N) is 1. The standard InChI is InChI=1S/C23H22N2O5/c1-2-28-23(27)18-7-9-19(10-8-18)24-14-17-5-11-20(12-6-17)30-16-22(26)25-15-21-4-3-13-29-21/h3-14H,2,15-16H2,1H3,(H,25,26). The van der Waals surface area contributed by atoms with Crippen molar-refractivity contribution in [3.05, 3.63) is 83.8 Å². The van der Waals surface area contributed by atoms with Gasteiger partial charge in [0, 0.05) is 6.21 Å². The normalized spacial score (nSPS) is 10.7. The van der Waals surface area contributed by atoms with Gasteiger partial charge in [0.15, 0.2) is 6.61 Å². The summed E-state index contributed by atoms with van der Waals surface area (Å²) in [5.41, 5.74) is 2.08. The molecule has 0 aliphatic rings. The fraction of sp³-hybridized carbons (Fsp3) is 0.174. The van der Waals surface area contributed by atoms with Gasteiger partial charge in [-0.3, -0.25) is 9.79 Å². The summed E-state index contributed by atoms with van der Waals surface area (Å²) in [6.45, 7) is 2.35. The van der Waals surface area contributed by atoms with Crippen LogP contribution in [0, 0.1) is 0 Å². The number of esters is 1. The van der Waals surface area contributed by atoms with Crippen LogP contribution in [0.25, 0.3) is 0 Å². The minimum absolute atomic E-state index is 0.0824. The first kappa shape index (κ1) is 20.9. The monoisotopic (exact) mass is 406 g/mol. The molecule has 2 aromatic carbocycles. The van der Waals surface area contributed by atoms with Crippen molar-refractivity contribution in [1.82, 2.24) is 5.32 Å². The van der Waals surface area contributed by atoms with Crippen LogP contribution in [0.3, 0.4) is 0 Å². The van der Waals surface area contributed by atoms with Gasteiger partial charge in [0.25, 0.3) is 5.91 Å². The number of carbonyl (C=O) groups is 2. The smallest absolute Gasteiger partial charge is 0.338 e. The van der Waals surface area contributed by atoms with Crippen molar-refractivity contribution >= 4 is 23.8 Å². The van der Waals surface area contributed by atoms with Crippen molar-refractivity contribution in [3.63, 3.8) is 0 Å². The van der Waals surface area contributed by atoms with Crippen LogP contribution in [0.5, 0.6) is 5.75 Å². The van der Waals surface area contributed by atoms with Crippen molar-refractivity contribution in [2.75, 3.05) is 13.2 Å². The van der Waals surface area contributed by atoms with Crippen LogP contribution in [0.2, 0.25) is 0 Å². The van der Waals surface area contributed by atoms with Crippen molar-refractivity contribution in [1.29, 1.82) is 0 Å². The lowest BCUT2D eigenvalue weighted by molar-refractivity contribution is -0.123. The molecule has 1 aromatic heterocycles. The predicted molar refractivity (Wildman–Crippen MR) is 112 cm³/mol. The molecule has 0 bridgehead atoms. The Morgan fingerprint density at radius 1 is 1.07 bits per heavy atom. The number of aliphatic imine (C=N–C) groups is 1. The van der Waals surface area contributed by atoms with E-state index in [0.717, 1.165) is 11.3 Å². The fourth-order valence-corrected chi connectivity index (χ4v) is 2.50. The van der Waals surface area contributed by atoms with Crippen molar-refractivity contribution in [2.24, 2.45) is 4.99 Å². The van der Waals surface area contributed by atoms with Gasteiger partial charge in [-0.25, -0.2) is 4.79 Å². The average molecular weight is 406 g/mol. The Morgan fingerprint density at radius 2 is 1.83 bits per heavy atom. The number of carbonyl (C=O) groups excluding carboxylic acids is 2. The fourth-order valence-electron chi connectivity index (χ4n) is 2.50. The third kappa shape index (κ3) is 6.34. The molecule has 0 aliphatic carbocycles. The van der Waals surface area contributed by atoms with Crippen LogP contribution < -0.4 is 10.1 Å². The number of amides is 1. The van der Waals surface area contributed by atoms with E-state index >= 15 is 0 Å². The Bertz CT molecular complexity index is 977. The molecular weight excluding hydrogens is 384 g/mol. The van der Waals surface area contributed by atoms with Gasteiger partial charge in [0.2, 0.25) is 0 Å². The van der Waals surface area contributed by atoms with E-state index in [1.165, 1.54) is 0 Å². The molecule has 0 atom stereocenters. The van der Waals surface area contributed by atoms with Gasteiger partial charge in [0.05, 0.1) is 30.7 Å². The largest absolute Gasteiger partial charge is 0.484 e. The van der Waals surface area contributed by atoms with Gasteiger partial charge in [-0.05, 0) is 73.2 Å². The molecule has 154 valence electrons. The summed E-state index contributed by atoms with van der Waals surface area (Å²) in [4.78, 5) is 27.8. The highest BCUT2D eigenvalue weighted by molar-refractivity contribution is 5.90. The summed E-state index contributed by atoms with van der Waals surface area (Å²) < 4.78 is 15.6. The lowest BCUT2D eigenvalue weighted by Crippen LogP contribution is -2.28. The molecule has 1 amide bonds. The van der Waals surface area contributed by atoms with E-state index in [0.29, 0.717) is 30.2 Å². The molecule has 1 heterocycles. The molecule has 3 rings (SSSR count). The molecular formula is C23H22N2O5. The van der Waals surface area contributed by atoms with Crippen LogP contribution in [0.4, 0.5) is 5.69 Å². The minimum atomic E-state index is -0.349. The van der Waals surface area contributed by atoms with E-state index in [2.05, 4.69) is 10.3 Å². The summed E-state index contributed by atoms with van der Waals surface area (Å²) >= 11 is 0. The number of furan rings is 1. The highest BCUT2D eigenvalue weighted by atomic mass is 16.5. The Labute approximate surface area is 174 Å². The highest BCUT2D eigenvalue weighted by Crippen LogP contribution is 2.15. The summed E-state index contributed by atoms with van der Waals surface area (Å²) in [7, 11) is 0. The Morgan fingerprint density at radius 3 is 2.50 bits per heavy atom. The average Bonchev–Trinajstić information content (AvgIpc) is 3.30. The van der Waals surface area contributed by atoms with Crippen molar-refractivity contribution in [3.8, 4) is 5.75 Å². The zero-order valence-electron chi connectivity index (χ0n) is 16.5. The van der Waals surface area contributed by atoms with E-state index < -0.39 is 0 Å². The maximum atomic E-state index is 11.8. The Hall–Kier alpha value is -3.87. The topological polar surface area (TPSA) is 90.1 Å². The summed E-state index contributed by atoms with van der Waals surface area (Å²) in [6.07, 6.45) is 3.26. The van der Waals surface area contributed by atoms with E-state index in [9.17, 15) is 9.59 Å². The lowest BCUT2D eigenvalue weighted by Gasteiger charge is -2.06. The third-order valence-electron chi connectivity index (χ3n) is 4.03. The molecule has 0 radical (unpaired) electrons. The minimum Gasteiger partial charge on any atom is -0.484 e. The van der Waals surface area contributed by atoms with Gasteiger partial charge >= 0.3 is 5.97 Å². The van der Waals surface area contributed by atoms with Gasteiger partial charge < -0.3 is 19.2 Å². The molecule has 3 aromatic rings. The maximum absolute atomic E-state index is 11.8. The molecule has 0 unspecified atom stereocenters. The van der Waals surface area contributed by atoms with Gasteiger partial charge in [0.1, 0.15) is 11.5 Å². The second-order valence-corrected chi connectivity index (χ2v) is 6.24. The van der Waals surface area contributed by atoms with Gasteiger partial charge in [-0.1, -0.05) is 0 Å². The van der Waals surface area contributed by atoms with Gasteiger partial charge in [-0.2, -0.15) is 0 Å². The number of ether oxygens (including phenoxy) is 2. The maximum Gasteiger partial charge on any atom is 0.338 e. The molecule has 0 spiro atoms. The van der Waals surface area contributed by atoms with Crippen LogP contribution in [0.1, 0.15) is 28.6 Å². The van der Waals surface area contributed by atoms with Crippen LogP contribution >= 0.6 is 0 Å². The quantitative estimate of drug-likeness (QED) is 0.430. The molecule has 7 nitrogen and oxygen atoms in total. The first-order valence-corrected chi connectivity index (χ1v) is 9.47. The van der Waals surface area contributed by atoms with Gasteiger partial charge in [-0.15, -0.1) is 0 Å². The zero-order chi connectivity index (χ0) is 21.2. The van der Waals surface area contributed by atoms with E-state index in [4.69, 9.17) is 13.9 Å². The third-order valence-corrected chi connectivity index (χ3v) is 4.03. The second kappa shape index (κ2) is 10.6. The van der Waals surface area contributed by atoms with Crippen molar-refractivity contribution < 1.29 is 23.5 Å². The Balaban J connectivity index is 1.46. The molecule has 0 aliphatic heterocycles. The summed E-state index contributed by atoms with van der Waals surface area (Å²) in [6, 6.07) is 17.6. The van der Waals surface area contributed by atoms with Crippen molar-refractivity contribution in [2.45, 2.75) is 13.5 Å². The summed E-state index contributed by atoms with van der Waals surface area (Å²) in [5, 5.41) is 2.72. The Kier molecular flexibility index (Phi) is 7.38. The van der Waals surface area contributed by atoms with Crippen LogP contribution in [0.15, 0.2) is 76.3 Å². The number of nitrogens with one attached hydrogen (secondary N) is 1. The van der Waals surface area contributed by atoms with E-state index in [1.807, 2.05) is 12.1 Å². The lowest BCUT2D eigenvalue weighted by atomic mass is 10.2.